The summed E-state index contributed by atoms with van der Waals surface area (Å²) in [6, 6.07) is 0. The van der Waals surface area contributed by atoms with Gasteiger partial charge in [0.05, 0.1) is 0 Å². The monoisotopic (exact) mass is 959 g/mol. The molecule has 0 heterocycles. The zero-order valence-corrected chi connectivity index (χ0v) is 48.6. The first kappa shape index (κ1) is 76.8. The quantitative estimate of drug-likeness (QED) is 0.0370. The summed E-state index contributed by atoms with van der Waals surface area (Å²) in [6.07, 6.45) is 44.0. The fourth-order valence-electron chi connectivity index (χ4n) is 7.29. The van der Waals surface area contributed by atoms with Crippen LogP contribution in [-0.2, 0) is 23.8 Å². The van der Waals surface area contributed by atoms with E-state index in [0.29, 0.717) is 12.8 Å². The normalized spacial score (nSPS) is 10.5. The Balaban J connectivity index is -0.000000269. The highest BCUT2D eigenvalue weighted by Crippen LogP contribution is 2.19. The van der Waals surface area contributed by atoms with Gasteiger partial charge in [-0.15, -0.1) is 0 Å². The minimum Gasteiger partial charge on any atom is -0.462 e. The lowest BCUT2D eigenvalue weighted by atomic mass is 10.0. The predicted molar refractivity (Wildman–Crippen MR) is 298 cm³/mol. The second-order valence-electron chi connectivity index (χ2n) is 18.5. The maximum absolute atomic E-state index is 12.6. The number of methoxy groups -OCH3 is 1. The third kappa shape index (κ3) is 78.8. The van der Waals surface area contributed by atoms with E-state index >= 15 is 0 Å². The number of carbonyl (C=O) groups excluding carboxylic acids is 3. The summed E-state index contributed by atoms with van der Waals surface area (Å²) >= 11 is 0. The number of ether oxygens (including phenoxy) is 3. The van der Waals surface area contributed by atoms with Gasteiger partial charge in [0.1, 0.15) is 18.0 Å². The molecule has 0 aliphatic carbocycles. The van der Waals surface area contributed by atoms with E-state index in [2.05, 4.69) is 37.9 Å². The van der Waals surface area contributed by atoms with Crippen LogP contribution >= 0.6 is 0 Å². The molecule has 0 atom stereocenters. The molecule has 67 heavy (non-hydrogen) atoms. The molecule has 0 aliphatic heterocycles. The van der Waals surface area contributed by atoms with Crippen molar-refractivity contribution in [3.05, 3.63) is 0 Å². The summed E-state index contributed by atoms with van der Waals surface area (Å²) in [5.74, 6) is 0.0392. The van der Waals surface area contributed by atoms with Crippen molar-refractivity contribution in [1.29, 1.82) is 0 Å². The first-order chi connectivity index (χ1) is 32.5. The van der Waals surface area contributed by atoms with Gasteiger partial charge in [0.25, 0.3) is 0 Å². The summed E-state index contributed by atoms with van der Waals surface area (Å²) in [5.41, 5.74) is -0.389. The fourth-order valence-corrected chi connectivity index (χ4v) is 7.29. The van der Waals surface area contributed by atoms with Crippen LogP contribution in [0.2, 0.25) is 0 Å². The van der Waals surface area contributed by atoms with E-state index < -0.39 is 0 Å². The van der Waals surface area contributed by atoms with E-state index in [-0.39, 0.29) is 23.8 Å². The minimum absolute atomic E-state index is 0.0392. The Hall–Kier alpha value is -1.67. The number of amides is 1. The first-order valence-corrected chi connectivity index (χ1v) is 29.3. The van der Waals surface area contributed by atoms with Crippen molar-refractivity contribution in [2.75, 3.05) is 40.4 Å². The van der Waals surface area contributed by atoms with Crippen LogP contribution in [0.5, 0.6) is 0 Å². The number of carbonyl (C=O) groups is 3. The van der Waals surface area contributed by atoms with Crippen molar-refractivity contribution in [3.63, 3.8) is 0 Å². The molecule has 0 unspecified atom stereocenters. The van der Waals surface area contributed by atoms with Gasteiger partial charge < -0.3 is 29.2 Å². The van der Waals surface area contributed by atoms with E-state index in [4.69, 9.17) is 14.2 Å². The fraction of sp³-hybridized carbons (Fsp3) is 0.949. The molecule has 0 radical (unpaired) electrons. The molecule has 0 fully saturated rings. The standard InChI is InChI=1S/C35H69NO3.C12H26O.C6H13NO2.3C2H6/c1-4-7-10-12-15-21-27-34(28-22-16-13-11-8-5-2)39-35(38)29-23-17-14-18-24-31-36(30-9-6-3)32-25-19-20-26-33-37;1-3-4-5-6-7-8-9-10-11-12-13-2;1-6(2,3)9-5(8)7-4;3*1-2/h33-34H,4-32H2,1-3H3;3-12H2,1-2H3;1-4H3,(H,7,8);3*1-2H3. The average molecular weight is 960 g/mol. The molecule has 408 valence electrons. The molecular weight excluding hydrogens is 833 g/mol. The van der Waals surface area contributed by atoms with Crippen molar-refractivity contribution < 1.29 is 28.6 Å². The van der Waals surface area contributed by atoms with Crippen LogP contribution < -0.4 is 5.32 Å². The molecule has 0 aromatic heterocycles. The van der Waals surface area contributed by atoms with Gasteiger partial charge in [-0.05, 0) is 105 Å². The van der Waals surface area contributed by atoms with E-state index in [0.717, 1.165) is 51.4 Å². The molecule has 0 bridgehead atoms. The van der Waals surface area contributed by atoms with Crippen LogP contribution in [0.15, 0.2) is 0 Å². The molecule has 1 N–H and O–H groups in total. The Bertz CT molecular complexity index is 854. The number of nitrogens with one attached hydrogen (secondary N) is 1. The van der Waals surface area contributed by atoms with Crippen molar-refractivity contribution in [3.8, 4) is 0 Å². The lowest BCUT2D eigenvalue weighted by Gasteiger charge is -2.22. The third-order valence-corrected chi connectivity index (χ3v) is 11.1. The molecule has 0 aliphatic rings. The van der Waals surface area contributed by atoms with Crippen LogP contribution in [0.4, 0.5) is 4.79 Å². The van der Waals surface area contributed by atoms with Crippen LogP contribution in [0.1, 0.15) is 315 Å². The van der Waals surface area contributed by atoms with E-state index in [9.17, 15) is 14.4 Å². The summed E-state index contributed by atoms with van der Waals surface area (Å²) < 4.78 is 15.8. The Kier molecular flexibility index (Phi) is 81.3. The van der Waals surface area contributed by atoms with Crippen LogP contribution in [0, 0.1) is 0 Å². The largest absolute Gasteiger partial charge is 0.462 e. The molecule has 1 amide bonds. The number of rotatable bonds is 42. The zero-order valence-electron chi connectivity index (χ0n) is 48.6. The number of aldehydes is 1. The third-order valence-electron chi connectivity index (χ3n) is 11.1. The highest BCUT2D eigenvalue weighted by atomic mass is 16.6. The Morgan fingerprint density at radius 2 is 0.866 bits per heavy atom. The van der Waals surface area contributed by atoms with Crippen LogP contribution in [0.3, 0.4) is 0 Å². The van der Waals surface area contributed by atoms with E-state index in [1.807, 2.05) is 62.3 Å². The maximum Gasteiger partial charge on any atom is 0.407 e. The highest BCUT2D eigenvalue weighted by molar-refractivity contribution is 5.69. The maximum atomic E-state index is 12.6. The Morgan fingerprint density at radius 1 is 0.507 bits per heavy atom. The second-order valence-corrected chi connectivity index (χ2v) is 18.5. The molecule has 0 aromatic carbocycles. The highest BCUT2D eigenvalue weighted by Gasteiger charge is 2.15. The van der Waals surface area contributed by atoms with Crippen LogP contribution in [-0.4, -0.2) is 75.4 Å². The summed E-state index contributed by atoms with van der Waals surface area (Å²) in [4.78, 5) is 36.2. The smallest absolute Gasteiger partial charge is 0.407 e. The minimum atomic E-state index is -0.389. The SMILES string of the molecule is CC.CC.CC.CCCCCCCCC(CCCCCCCC)OC(=O)CCCCCCCN(CCCC)CCCCCC=O.CCCCCCCCCCCOC.CNC(=O)OC(C)(C)C. The van der Waals surface area contributed by atoms with Gasteiger partial charge in [-0.25, -0.2) is 4.79 Å². The predicted octanol–water partition coefficient (Wildman–Crippen LogP) is 19.0. The van der Waals surface area contributed by atoms with Gasteiger partial charge >= 0.3 is 12.1 Å². The van der Waals surface area contributed by atoms with Crippen molar-refractivity contribution in [2.24, 2.45) is 0 Å². The van der Waals surface area contributed by atoms with Gasteiger partial charge in [-0.2, -0.15) is 0 Å². The topological polar surface area (TPSA) is 94.2 Å². The molecule has 8 nitrogen and oxygen atoms in total. The Labute approximate surface area is 422 Å². The molecule has 8 heteroatoms. The van der Waals surface area contributed by atoms with Crippen molar-refractivity contribution >= 4 is 18.3 Å². The number of nitrogens with zero attached hydrogens (tertiary/aromatic N) is 1. The number of esters is 1. The lowest BCUT2D eigenvalue weighted by molar-refractivity contribution is -0.150. The zero-order chi connectivity index (χ0) is 51.9. The number of alkyl carbamates (subject to hydrolysis) is 1. The van der Waals surface area contributed by atoms with Crippen molar-refractivity contribution in [1.82, 2.24) is 10.2 Å². The Morgan fingerprint density at radius 3 is 1.24 bits per heavy atom. The van der Waals surface area contributed by atoms with E-state index in [1.54, 1.807) is 7.11 Å². The first-order valence-electron chi connectivity index (χ1n) is 29.3. The number of hydrogen-bond acceptors (Lipinski definition) is 7. The molecule has 0 saturated carbocycles. The second kappa shape index (κ2) is 70.9. The van der Waals surface area contributed by atoms with Gasteiger partial charge in [0.15, 0.2) is 0 Å². The summed E-state index contributed by atoms with van der Waals surface area (Å²) in [6.45, 7) is 31.0. The molecule has 0 rings (SSSR count). The number of hydrogen-bond donors (Lipinski definition) is 1. The molecular formula is C59H126N2O6. The van der Waals surface area contributed by atoms with Gasteiger partial charge in [-0.1, -0.05) is 217 Å². The summed E-state index contributed by atoms with van der Waals surface area (Å²) in [7, 11) is 3.32. The van der Waals surface area contributed by atoms with Crippen molar-refractivity contribution in [2.45, 2.75) is 326 Å². The number of unbranched alkanes of at least 4 members (excludes halogenated alkanes) is 26. The molecule has 0 spiro atoms. The van der Waals surface area contributed by atoms with Gasteiger partial charge in [0, 0.05) is 33.6 Å². The van der Waals surface area contributed by atoms with E-state index in [1.165, 1.54) is 200 Å². The van der Waals surface area contributed by atoms with Crippen LogP contribution in [0.25, 0.3) is 0 Å². The summed E-state index contributed by atoms with van der Waals surface area (Å²) in [5, 5.41) is 2.36. The molecule has 0 saturated heterocycles. The average Bonchev–Trinajstić information content (AvgIpc) is 3.33. The van der Waals surface area contributed by atoms with Gasteiger partial charge in [-0.3, -0.25) is 4.79 Å². The van der Waals surface area contributed by atoms with Gasteiger partial charge in [0.2, 0.25) is 0 Å². The lowest BCUT2D eigenvalue weighted by Crippen LogP contribution is -2.30. The molecule has 0 aromatic rings.